The Hall–Kier alpha value is -8.60. The van der Waals surface area contributed by atoms with Crippen molar-refractivity contribution in [3.63, 3.8) is 0 Å². The lowest BCUT2D eigenvalue weighted by Gasteiger charge is -2.15. The van der Waals surface area contributed by atoms with Crippen LogP contribution in [0.5, 0.6) is 0 Å². The van der Waals surface area contributed by atoms with E-state index in [1.54, 1.807) is 0 Å². The maximum Gasteiger partial charge on any atom is 0.248 e. The van der Waals surface area contributed by atoms with Crippen LogP contribution >= 0.6 is 0 Å². The smallest absolute Gasteiger partial charge is 0.248 e. The molecule has 64 heavy (non-hydrogen) atoms. The maximum atomic E-state index is 6.06. The van der Waals surface area contributed by atoms with Gasteiger partial charge in [0.25, 0.3) is 0 Å². The first kappa shape index (κ1) is 37.2. The minimum atomic E-state index is 0.497. The van der Waals surface area contributed by atoms with Crippen LogP contribution in [0.2, 0.25) is 0 Å². The summed E-state index contributed by atoms with van der Waals surface area (Å²) < 4.78 is 8.45. The van der Waals surface area contributed by atoms with Gasteiger partial charge in [0.05, 0.1) is 11.0 Å². The van der Waals surface area contributed by atoms with Gasteiger partial charge in [-0.25, -0.2) is 0 Å². The monoisotopic (exact) mass is 817 g/mol. The van der Waals surface area contributed by atoms with E-state index in [1.165, 1.54) is 71.5 Å². The van der Waals surface area contributed by atoms with Crippen molar-refractivity contribution >= 4 is 32.6 Å². The lowest BCUT2D eigenvalue weighted by atomic mass is 9.89. The molecule has 12 aromatic rings. The van der Waals surface area contributed by atoms with Gasteiger partial charge in [0.15, 0.2) is 0 Å². The molecule has 2 aromatic heterocycles. The number of hydrogen-bond acceptors (Lipinski definition) is 3. The zero-order valence-electron chi connectivity index (χ0n) is 34.8. The highest BCUT2D eigenvalue weighted by molar-refractivity contribution is 6.10. The molecule has 0 bridgehead atoms. The van der Waals surface area contributed by atoms with E-state index in [4.69, 9.17) is 4.42 Å². The SMILES string of the molecule is c1ccc(-c2nnc(-c3ccc(-c4ccccc4-c4ccccc4-c4ccc(-n5c6ccccc6c6cc(-c7ccc(-c8cccc9ccccc89)cc7)ccc65)cc4)cc3)o2)cc1. The van der Waals surface area contributed by atoms with E-state index in [0.29, 0.717) is 11.8 Å². The van der Waals surface area contributed by atoms with Crippen molar-refractivity contribution in [1.29, 1.82) is 0 Å². The van der Waals surface area contributed by atoms with Crippen molar-refractivity contribution in [3.05, 3.63) is 237 Å². The molecule has 4 nitrogen and oxygen atoms in total. The van der Waals surface area contributed by atoms with Gasteiger partial charge in [-0.3, -0.25) is 0 Å². The van der Waals surface area contributed by atoms with Crippen molar-refractivity contribution in [1.82, 2.24) is 14.8 Å². The van der Waals surface area contributed by atoms with Crippen molar-refractivity contribution in [3.8, 4) is 84.2 Å². The Kier molecular flexibility index (Phi) is 9.12. The van der Waals surface area contributed by atoms with Crippen LogP contribution in [-0.2, 0) is 0 Å². The molecule has 0 aliphatic carbocycles. The van der Waals surface area contributed by atoms with Gasteiger partial charge in [-0.15, -0.1) is 10.2 Å². The molecule has 0 atom stereocenters. The molecule has 300 valence electrons. The average Bonchev–Trinajstić information content (AvgIpc) is 4.01. The van der Waals surface area contributed by atoms with Gasteiger partial charge in [-0.1, -0.05) is 182 Å². The Morgan fingerprint density at radius 2 is 0.734 bits per heavy atom. The Labute approximate surface area is 371 Å². The predicted octanol–water partition coefficient (Wildman–Crippen LogP) is 16.0. The molecule has 0 aliphatic rings. The molecular weight excluding hydrogens is 779 g/mol. The molecule has 10 aromatic carbocycles. The van der Waals surface area contributed by atoms with Gasteiger partial charge in [0, 0.05) is 27.6 Å². The van der Waals surface area contributed by atoms with Crippen LogP contribution in [-0.4, -0.2) is 14.8 Å². The number of rotatable bonds is 8. The van der Waals surface area contributed by atoms with Crippen molar-refractivity contribution in [2.45, 2.75) is 0 Å². The normalized spacial score (nSPS) is 11.4. The van der Waals surface area contributed by atoms with Crippen LogP contribution < -0.4 is 0 Å². The first-order chi connectivity index (χ1) is 31.7. The quantitative estimate of drug-likeness (QED) is 0.153. The number of nitrogens with zero attached hydrogens (tertiary/aromatic N) is 3. The lowest BCUT2D eigenvalue weighted by molar-refractivity contribution is 0.584. The third-order valence-corrected chi connectivity index (χ3v) is 12.5. The zero-order valence-corrected chi connectivity index (χ0v) is 34.8. The maximum absolute atomic E-state index is 6.06. The molecule has 0 fully saturated rings. The molecule has 12 rings (SSSR count). The predicted molar refractivity (Wildman–Crippen MR) is 264 cm³/mol. The van der Waals surface area contributed by atoms with E-state index >= 15 is 0 Å². The number of fused-ring (bicyclic) bond motifs is 4. The summed E-state index contributed by atoms with van der Waals surface area (Å²) >= 11 is 0. The minimum absolute atomic E-state index is 0.497. The van der Waals surface area contributed by atoms with Crippen LogP contribution in [0.25, 0.3) is 117 Å². The summed E-state index contributed by atoms with van der Waals surface area (Å²) in [7, 11) is 0. The lowest BCUT2D eigenvalue weighted by Crippen LogP contribution is -1.94. The summed E-state index contributed by atoms with van der Waals surface area (Å²) in [5, 5.41) is 13.6. The highest BCUT2D eigenvalue weighted by atomic mass is 16.4. The van der Waals surface area contributed by atoms with Crippen molar-refractivity contribution in [2.75, 3.05) is 0 Å². The Morgan fingerprint density at radius 1 is 0.281 bits per heavy atom. The van der Waals surface area contributed by atoms with Gasteiger partial charge in [-0.05, 0) is 121 Å². The Balaban J connectivity index is 0.854. The number of hydrogen-bond donors (Lipinski definition) is 0. The van der Waals surface area contributed by atoms with E-state index in [0.717, 1.165) is 33.5 Å². The third-order valence-electron chi connectivity index (χ3n) is 12.5. The number of aromatic nitrogens is 3. The first-order valence-electron chi connectivity index (χ1n) is 21.6. The van der Waals surface area contributed by atoms with Crippen molar-refractivity contribution in [2.24, 2.45) is 0 Å². The van der Waals surface area contributed by atoms with E-state index in [1.807, 2.05) is 30.3 Å². The van der Waals surface area contributed by atoms with Crippen molar-refractivity contribution < 1.29 is 4.42 Å². The summed E-state index contributed by atoms with van der Waals surface area (Å²) in [4.78, 5) is 0. The number of benzene rings is 10. The second-order valence-corrected chi connectivity index (χ2v) is 16.2. The highest BCUT2D eigenvalue weighted by Gasteiger charge is 2.17. The van der Waals surface area contributed by atoms with Gasteiger partial charge < -0.3 is 8.98 Å². The Bertz CT molecular complexity index is 3630. The van der Waals surface area contributed by atoms with Gasteiger partial charge in [0.2, 0.25) is 11.8 Å². The summed E-state index contributed by atoms with van der Waals surface area (Å²) in [6.45, 7) is 0. The summed E-state index contributed by atoms with van der Waals surface area (Å²) in [6.07, 6.45) is 0. The Morgan fingerprint density at radius 3 is 1.42 bits per heavy atom. The summed E-state index contributed by atoms with van der Waals surface area (Å²) in [6, 6.07) is 84.3. The molecule has 0 spiro atoms. The molecule has 0 aliphatic heterocycles. The topological polar surface area (TPSA) is 43.9 Å². The molecular formula is C60H39N3O. The minimum Gasteiger partial charge on any atom is -0.416 e. The molecule has 0 saturated carbocycles. The molecule has 0 amide bonds. The fraction of sp³-hybridized carbons (Fsp3) is 0. The van der Waals surface area contributed by atoms with Gasteiger partial charge >= 0.3 is 0 Å². The second kappa shape index (κ2) is 15.7. The highest BCUT2D eigenvalue weighted by Crippen LogP contribution is 2.41. The van der Waals surface area contributed by atoms with Crippen LogP contribution in [0.1, 0.15) is 0 Å². The van der Waals surface area contributed by atoms with Gasteiger partial charge in [0.1, 0.15) is 0 Å². The molecule has 0 radical (unpaired) electrons. The molecule has 0 N–H and O–H groups in total. The van der Waals surface area contributed by atoms with Crippen LogP contribution in [0.4, 0.5) is 0 Å². The summed E-state index contributed by atoms with van der Waals surface area (Å²) in [5.41, 5.74) is 17.1. The molecule has 0 unspecified atom stereocenters. The standard InChI is InChI=1S/C60H39N3O/c1-2-14-45(15-3-1)59-61-62-60(64-59)46-31-29-43(30-32-46)51-18-6-8-20-53(51)54-21-9-7-19-52(54)44-33-36-48(37-34-44)63-57-24-11-10-22-55(57)56-39-47(35-38-58(56)63)40-25-27-42(28-26-40)50-23-12-16-41-13-4-5-17-49(41)50/h1-39H. The second-order valence-electron chi connectivity index (χ2n) is 16.2. The zero-order chi connectivity index (χ0) is 42.4. The van der Waals surface area contributed by atoms with E-state index in [-0.39, 0.29) is 0 Å². The number of para-hydroxylation sites is 1. The van der Waals surface area contributed by atoms with Gasteiger partial charge in [-0.2, -0.15) is 0 Å². The fourth-order valence-corrected chi connectivity index (χ4v) is 9.31. The fourth-order valence-electron chi connectivity index (χ4n) is 9.31. The molecule has 4 heteroatoms. The molecule has 0 saturated heterocycles. The third kappa shape index (κ3) is 6.57. The van der Waals surface area contributed by atoms with Crippen LogP contribution in [0, 0.1) is 0 Å². The first-order valence-corrected chi connectivity index (χ1v) is 21.6. The van der Waals surface area contributed by atoms with E-state index < -0.39 is 0 Å². The van der Waals surface area contributed by atoms with E-state index in [2.05, 4.69) is 221 Å². The summed E-state index contributed by atoms with van der Waals surface area (Å²) in [5.74, 6) is 1.01. The molecule has 2 heterocycles. The van der Waals surface area contributed by atoms with E-state index in [9.17, 15) is 0 Å². The van der Waals surface area contributed by atoms with Crippen LogP contribution in [0.15, 0.2) is 241 Å². The largest absolute Gasteiger partial charge is 0.416 e. The van der Waals surface area contributed by atoms with Crippen LogP contribution in [0.3, 0.4) is 0 Å². The average molecular weight is 818 g/mol.